The van der Waals surface area contributed by atoms with Gasteiger partial charge in [-0.25, -0.2) is 9.78 Å². The summed E-state index contributed by atoms with van der Waals surface area (Å²) in [5.41, 5.74) is 0.753. The van der Waals surface area contributed by atoms with Gasteiger partial charge in [-0.1, -0.05) is 0 Å². The molecule has 9 nitrogen and oxygen atoms in total. The fourth-order valence-corrected chi connectivity index (χ4v) is 3.68. The van der Waals surface area contributed by atoms with E-state index in [4.69, 9.17) is 4.74 Å². The standard InChI is InChI=1S/C19H23F3N6O3/c20-19(21,22)17-24-14-2-1-13(11-15(14)25-17)23-16(29)12-26-3-5-27(6-4-26)18(30)28-7-9-31-10-8-28/h1-2,11H,3-10,12H2,(H,23,29)(H,24,25). The van der Waals surface area contributed by atoms with Crippen molar-refractivity contribution in [1.82, 2.24) is 24.7 Å². The maximum Gasteiger partial charge on any atom is 0.449 e. The number of carbonyl (C=O) groups excluding carboxylic acids is 2. The lowest BCUT2D eigenvalue weighted by Crippen LogP contribution is -2.55. The molecule has 4 rings (SSSR count). The molecule has 168 valence electrons. The Balaban J connectivity index is 1.28. The molecule has 0 radical (unpaired) electrons. The number of nitrogens with zero attached hydrogens (tertiary/aromatic N) is 4. The Morgan fingerprint density at radius 3 is 2.42 bits per heavy atom. The second-order valence-corrected chi connectivity index (χ2v) is 7.51. The van der Waals surface area contributed by atoms with E-state index in [0.717, 1.165) is 0 Å². The second-order valence-electron chi connectivity index (χ2n) is 7.51. The zero-order chi connectivity index (χ0) is 22.0. The highest BCUT2D eigenvalue weighted by Gasteiger charge is 2.34. The highest BCUT2D eigenvalue weighted by molar-refractivity contribution is 5.94. The Bertz CT molecular complexity index is 949. The number of H-pyrrole nitrogens is 1. The average Bonchev–Trinajstić information content (AvgIpc) is 3.18. The molecule has 1 aromatic heterocycles. The number of rotatable bonds is 3. The van der Waals surface area contributed by atoms with Crippen LogP contribution in [-0.2, 0) is 15.7 Å². The van der Waals surface area contributed by atoms with Crippen molar-refractivity contribution in [3.8, 4) is 0 Å². The topological polar surface area (TPSA) is 93.8 Å². The molecule has 3 heterocycles. The molecule has 0 bridgehead atoms. The fraction of sp³-hybridized carbons (Fsp3) is 0.526. The smallest absolute Gasteiger partial charge is 0.378 e. The number of hydrogen-bond donors (Lipinski definition) is 2. The van der Waals surface area contributed by atoms with E-state index in [1.807, 2.05) is 4.90 Å². The molecule has 2 saturated heterocycles. The molecule has 1 aromatic carbocycles. The second kappa shape index (κ2) is 8.71. The van der Waals surface area contributed by atoms with E-state index in [-0.39, 0.29) is 29.5 Å². The van der Waals surface area contributed by atoms with Gasteiger partial charge in [0, 0.05) is 45.0 Å². The maximum absolute atomic E-state index is 12.8. The van der Waals surface area contributed by atoms with Gasteiger partial charge in [-0.2, -0.15) is 13.2 Å². The molecule has 2 aliphatic rings. The van der Waals surface area contributed by atoms with Crippen LogP contribution in [0.1, 0.15) is 5.82 Å². The summed E-state index contributed by atoms with van der Waals surface area (Å²) in [5.74, 6) is -1.35. The molecule has 2 aliphatic heterocycles. The molecule has 12 heteroatoms. The van der Waals surface area contributed by atoms with E-state index in [1.165, 1.54) is 18.2 Å². The zero-order valence-corrected chi connectivity index (χ0v) is 16.7. The van der Waals surface area contributed by atoms with Crippen LogP contribution in [0, 0.1) is 0 Å². The number of imidazole rings is 1. The molecular weight excluding hydrogens is 417 g/mol. The molecule has 2 fully saturated rings. The molecule has 3 amide bonds. The summed E-state index contributed by atoms with van der Waals surface area (Å²) in [6.45, 7) is 4.61. The first-order valence-electron chi connectivity index (χ1n) is 10.0. The van der Waals surface area contributed by atoms with E-state index < -0.39 is 12.0 Å². The van der Waals surface area contributed by atoms with Gasteiger partial charge in [-0.3, -0.25) is 9.69 Å². The number of halogens is 3. The van der Waals surface area contributed by atoms with Crippen molar-refractivity contribution < 1.29 is 27.5 Å². The molecular formula is C19H23F3N6O3. The molecule has 0 unspecified atom stereocenters. The van der Waals surface area contributed by atoms with Gasteiger partial charge in [-0.15, -0.1) is 0 Å². The predicted octanol–water partition coefficient (Wildman–Crippen LogP) is 1.59. The number of fused-ring (bicyclic) bond motifs is 1. The van der Waals surface area contributed by atoms with Gasteiger partial charge in [0.2, 0.25) is 11.7 Å². The Morgan fingerprint density at radius 1 is 1.06 bits per heavy atom. The Hall–Kier alpha value is -2.86. The number of anilines is 1. The SMILES string of the molecule is O=C(CN1CCN(C(=O)N2CCOCC2)CC1)Nc1ccc2nc(C(F)(F)F)[nH]c2c1. The van der Waals surface area contributed by atoms with Gasteiger partial charge in [0.1, 0.15) is 0 Å². The van der Waals surface area contributed by atoms with Crippen LogP contribution in [0.25, 0.3) is 11.0 Å². The van der Waals surface area contributed by atoms with Crippen LogP contribution in [0.2, 0.25) is 0 Å². The van der Waals surface area contributed by atoms with Crippen LogP contribution in [0.4, 0.5) is 23.7 Å². The summed E-state index contributed by atoms with van der Waals surface area (Å²) in [5, 5.41) is 2.70. The minimum Gasteiger partial charge on any atom is -0.378 e. The van der Waals surface area contributed by atoms with Crippen LogP contribution in [0.15, 0.2) is 18.2 Å². The van der Waals surface area contributed by atoms with E-state index in [2.05, 4.69) is 15.3 Å². The van der Waals surface area contributed by atoms with E-state index in [0.29, 0.717) is 58.2 Å². The monoisotopic (exact) mass is 440 g/mol. The molecule has 0 aliphatic carbocycles. The largest absolute Gasteiger partial charge is 0.449 e. The quantitative estimate of drug-likeness (QED) is 0.756. The fourth-order valence-electron chi connectivity index (χ4n) is 3.68. The third kappa shape index (κ3) is 5.07. The molecule has 2 aromatic rings. The normalized spacial score (nSPS) is 18.4. The van der Waals surface area contributed by atoms with Crippen LogP contribution in [0.5, 0.6) is 0 Å². The average molecular weight is 440 g/mol. The van der Waals surface area contributed by atoms with Crippen molar-refractivity contribution in [2.75, 3.05) is 64.3 Å². The van der Waals surface area contributed by atoms with Gasteiger partial charge >= 0.3 is 12.2 Å². The number of nitrogens with one attached hydrogen (secondary N) is 2. The van der Waals surface area contributed by atoms with Crippen molar-refractivity contribution >= 4 is 28.7 Å². The first-order chi connectivity index (χ1) is 14.8. The lowest BCUT2D eigenvalue weighted by atomic mass is 10.2. The number of aromatic nitrogens is 2. The number of benzene rings is 1. The summed E-state index contributed by atoms with van der Waals surface area (Å²) < 4.78 is 43.6. The Morgan fingerprint density at radius 2 is 1.74 bits per heavy atom. The van der Waals surface area contributed by atoms with Gasteiger partial charge in [-0.05, 0) is 18.2 Å². The van der Waals surface area contributed by atoms with Crippen LogP contribution in [-0.4, -0.2) is 95.6 Å². The van der Waals surface area contributed by atoms with Gasteiger partial charge in [0.15, 0.2) is 0 Å². The third-order valence-corrected chi connectivity index (χ3v) is 5.33. The number of morpholine rings is 1. The Kier molecular flexibility index (Phi) is 6.01. The van der Waals surface area contributed by atoms with Crippen molar-refractivity contribution in [2.45, 2.75) is 6.18 Å². The highest BCUT2D eigenvalue weighted by Crippen LogP contribution is 2.29. The lowest BCUT2D eigenvalue weighted by molar-refractivity contribution is -0.144. The van der Waals surface area contributed by atoms with Crippen molar-refractivity contribution in [2.24, 2.45) is 0 Å². The first-order valence-corrected chi connectivity index (χ1v) is 10.0. The summed E-state index contributed by atoms with van der Waals surface area (Å²) in [6, 6.07) is 4.36. The molecule has 0 spiro atoms. The molecule has 0 saturated carbocycles. The Labute approximate surface area is 176 Å². The van der Waals surface area contributed by atoms with Gasteiger partial charge in [0.05, 0.1) is 30.8 Å². The minimum absolute atomic E-state index is 0.00140. The first kappa shape index (κ1) is 21.4. The highest BCUT2D eigenvalue weighted by atomic mass is 19.4. The summed E-state index contributed by atoms with van der Waals surface area (Å²) >= 11 is 0. The number of alkyl halides is 3. The number of ether oxygens (including phenoxy) is 1. The van der Waals surface area contributed by atoms with E-state index in [1.54, 1.807) is 9.80 Å². The zero-order valence-electron chi connectivity index (χ0n) is 16.7. The van der Waals surface area contributed by atoms with Crippen LogP contribution < -0.4 is 5.32 Å². The minimum atomic E-state index is -4.56. The molecule has 0 atom stereocenters. The van der Waals surface area contributed by atoms with Crippen LogP contribution >= 0.6 is 0 Å². The van der Waals surface area contributed by atoms with Crippen molar-refractivity contribution in [1.29, 1.82) is 0 Å². The van der Waals surface area contributed by atoms with Crippen molar-refractivity contribution in [3.63, 3.8) is 0 Å². The van der Waals surface area contributed by atoms with Crippen LogP contribution in [0.3, 0.4) is 0 Å². The maximum atomic E-state index is 12.8. The molecule has 31 heavy (non-hydrogen) atoms. The number of piperazine rings is 1. The number of aromatic amines is 1. The van der Waals surface area contributed by atoms with Gasteiger partial charge in [0.25, 0.3) is 0 Å². The third-order valence-electron chi connectivity index (χ3n) is 5.33. The van der Waals surface area contributed by atoms with Gasteiger partial charge < -0.3 is 24.8 Å². The van der Waals surface area contributed by atoms with E-state index in [9.17, 15) is 22.8 Å². The number of urea groups is 1. The predicted molar refractivity (Wildman–Crippen MR) is 106 cm³/mol. The van der Waals surface area contributed by atoms with Crippen molar-refractivity contribution in [3.05, 3.63) is 24.0 Å². The summed E-state index contributed by atoms with van der Waals surface area (Å²) in [7, 11) is 0. The number of hydrogen-bond acceptors (Lipinski definition) is 5. The number of amides is 3. The lowest BCUT2D eigenvalue weighted by Gasteiger charge is -2.38. The number of carbonyl (C=O) groups is 2. The molecule has 2 N–H and O–H groups in total. The van der Waals surface area contributed by atoms with E-state index >= 15 is 0 Å². The summed E-state index contributed by atoms with van der Waals surface area (Å²) in [6.07, 6.45) is -4.56. The summed E-state index contributed by atoms with van der Waals surface area (Å²) in [4.78, 5) is 36.1.